The van der Waals surface area contributed by atoms with E-state index in [9.17, 15) is 23.1 Å². The van der Waals surface area contributed by atoms with E-state index in [1.807, 2.05) is 0 Å². The van der Waals surface area contributed by atoms with E-state index in [1.54, 1.807) is 0 Å². The van der Waals surface area contributed by atoms with E-state index in [-0.39, 0.29) is 18.8 Å². The van der Waals surface area contributed by atoms with E-state index in [2.05, 4.69) is 5.32 Å². The highest BCUT2D eigenvalue weighted by atomic mass is 35.5. The normalized spacial score (nSPS) is 22.4. The first-order valence-corrected chi connectivity index (χ1v) is 5.98. The molecule has 1 saturated heterocycles. The van der Waals surface area contributed by atoms with Crippen LogP contribution in [0.2, 0.25) is 0 Å². The molecule has 112 valence electrons. The summed E-state index contributed by atoms with van der Waals surface area (Å²) in [5.41, 5.74) is -1.50. The molecule has 1 aliphatic heterocycles. The van der Waals surface area contributed by atoms with Crippen molar-refractivity contribution in [3.8, 4) is 0 Å². The van der Waals surface area contributed by atoms with E-state index in [0.717, 1.165) is 12.1 Å². The lowest BCUT2D eigenvalue weighted by atomic mass is 9.89. The maximum absolute atomic E-state index is 12.6. The lowest BCUT2D eigenvalue weighted by Gasteiger charge is -2.24. The maximum atomic E-state index is 12.6. The SMILES string of the molecule is Cl.O=C(O)[C@@]1(Cc2cccc(C(F)(F)F)c2)CCCN1. The van der Waals surface area contributed by atoms with Gasteiger partial charge in [0, 0.05) is 6.42 Å². The summed E-state index contributed by atoms with van der Waals surface area (Å²) in [7, 11) is 0. The number of carboxylic acid groups (broad SMARTS) is 1. The Morgan fingerprint density at radius 3 is 2.60 bits per heavy atom. The third kappa shape index (κ3) is 3.43. The summed E-state index contributed by atoms with van der Waals surface area (Å²) in [6.45, 7) is 0.575. The number of carbonyl (C=O) groups is 1. The molecular weight excluding hydrogens is 295 g/mol. The molecule has 0 bridgehead atoms. The fourth-order valence-corrected chi connectivity index (χ4v) is 2.42. The Balaban J connectivity index is 0.00000200. The standard InChI is InChI=1S/C13H14F3NO2.ClH/c14-13(15,16)10-4-1-3-9(7-10)8-12(11(18)19)5-2-6-17-12;/h1,3-4,7,17H,2,5-6,8H2,(H,18,19);1H/t12-;/m0./s1. The highest BCUT2D eigenvalue weighted by molar-refractivity contribution is 5.85. The van der Waals surface area contributed by atoms with Crippen molar-refractivity contribution in [2.75, 3.05) is 6.54 Å². The van der Waals surface area contributed by atoms with Crippen LogP contribution in [0.25, 0.3) is 0 Å². The third-order valence-corrected chi connectivity index (χ3v) is 3.41. The number of aliphatic carboxylic acids is 1. The van der Waals surface area contributed by atoms with Crippen LogP contribution in [0.1, 0.15) is 24.0 Å². The number of hydrogen-bond donors (Lipinski definition) is 2. The predicted octanol–water partition coefficient (Wildman–Crippen LogP) is 2.88. The van der Waals surface area contributed by atoms with Gasteiger partial charge in [0.15, 0.2) is 0 Å². The molecule has 0 saturated carbocycles. The first-order valence-electron chi connectivity index (χ1n) is 5.98. The Morgan fingerprint density at radius 2 is 2.10 bits per heavy atom. The van der Waals surface area contributed by atoms with Crippen LogP contribution in [-0.2, 0) is 17.4 Å². The van der Waals surface area contributed by atoms with E-state index in [0.29, 0.717) is 24.9 Å². The number of rotatable bonds is 3. The zero-order valence-corrected chi connectivity index (χ0v) is 11.4. The summed E-state index contributed by atoms with van der Waals surface area (Å²) in [5.74, 6) is -1.01. The van der Waals surface area contributed by atoms with E-state index < -0.39 is 23.2 Å². The number of alkyl halides is 3. The van der Waals surface area contributed by atoms with Gasteiger partial charge in [-0.25, -0.2) is 0 Å². The molecule has 0 aromatic heterocycles. The summed E-state index contributed by atoms with van der Waals surface area (Å²) in [4.78, 5) is 11.3. The molecule has 2 N–H and O–H groups in total. The molecule has 3 nitrogen and oxygen atoms in total. The van der Waals surface area contributed by atoms with Crippen molar-refractivity contribution in [2.24, 2.45) is 0 Å². The fraction of sp³-hybridized carbons (Fsp3) is 0.462. The summed E-state index contributed by atoms with van der Waals surface area (Å²) >= 11 is 0. The Kier molecular flexibility index (Phi) is 5.05. The van der Waals surface area contributed by atoms with Gasteiger partial charge in [-0.2, -0.15) is 13.2 Å². The molecule has 1 fully saturated rings. The van der Waals surface area contributed by atoms with E-state index in [4.69, 9.17) is 0 Å². The fourth-order valence-electron chi connectivity index (χ4n) is 2.42. The molecule has 1 aromatic carbocycles. The predicted molar refractivity (Wildman–Crippen MR) is 70.0 cm³/mol. The van der Waals surface area contributed by atoms with Crippen molar-refractivity contribution < 1.29 is 23.1 Å². The summed E-state index contributed by atoms with van der Waals surface area (Å²) < 4.78 is 37.8. The summed E-state index contributed by atoms with van der Waals surface area (Å²) in [5, 5.41) is 12.2. The molecule has 0 unspecified atom stereocenters. The van der Waals surface area contributed by atoms with Gasteiger partial charge >= 0.3 is 12.1 Å². The molecular formula is C13H15ClF3NO2. The highest BCUT2D eigenvalue weighted by Gasteiger charge is 2.41. The topological polar surface area (TPSA) is 49.3 Å². The van der Waals surface area contributed by atoms with Crippen LogP contribution in [0.3, 0.4) is 0 Å². The average molecular weight is 310 g/mol. The van der Waals surface area contributed by atoms with Crippen LogP contribution in [0, 0.1) is 0 Å². The molecule has 1 atom stereocenters. The number of benzene rings is 1. The van der Waals surface area contributed by atoms with Gasteiger partial charge in [-0.1, -0.05) is 18.2 Å². The van der Waals surface area contributed by atoms with Gasteiger partial charge in [0.1, 0.15) is 5.54 Å². The molecule has 1 aliphatic rings. The highest BCUT2D eigenvalue weighted by Crippen LogP contribution is 2.31. The second-order valence-electron chi connectivity index (χ2n) is 4.79. The van der Waals surface area contributed by atoms with Crippen molar-refractivity contribution in [3.05, 3.63) is 35.4 Å². The van der Waals surface area contributed by atoms with Crippen LogP contribution in [0.15, 0.2) is 24.3 Å². The van der Waals surface area contributed by atoms with Gasteiger partial charge < -0.3 is 10.4 Å². The summed E-state index contributed by atoms with van der Waals surface area (Å²) in [6, 6.07) is 4.84. The third-order valence-electron chi connectivity index (χ3n) is 3.41. The number of halogens is 4. The van der Waals surface area contributed by atoms with Gasteiger partial charge in [-0.3, -0.25) is 4.79 Å². The largest absolute Gasteiger partial charge is 0.480 e. The Morgan fingerprint density at radius 1 is 1.40 bits per heavy atom. The smallest absolute Gasteiger partial charge is 0.416 e. The van der Waals surface area contributed by atoms with Crippen LogP contribution in [-0.4, -0.2) is 23.2 Å². The Bertz CT molecular complexity index is 485. The van der Waals surface area contributed by atoms with Gasteiger partial charge in [0.05, 0.1) is 5.56 Å². The number of nitrogens with one attached hydrogen (secondary N) is 1. The monoisotopic (exact) mass is 309 g/mol. The minimum atomic E-state index is -4.41. The van der Waals surface area contributed by atoms with E-state index >= 15 is 0 Å². The molecule has 1 heterocycles. The quantitative estimate of drug-likeness (QED) is 0.902. The summed E-state index contributed by atoms with van der Waals surface area (Å²) in [6.07, 6.45) is -3.20. The van der Waals surface area contributed by atoms with Crippen molar-refractivity contribution >= 4 is 18.4 Å². The maximum Gasteiger partial charge on any atom is 0.416 e. The van der Waals surface area contributed by atoms with Crippen LogP contribution >= 0.6 is 12.4 Å². The van der Waals surface area contributed by atoms with Crippen molar-refractivity contribution in [3.63, 3.8) is 0 Å². The minimum Gasteiger partial charge on any atom is -0.480 e. The molecule has 0 aliphatic carbocycles. The Hall–Kier alpha value is -1.27. The van der Waals surface area contributed by atoms with Crippen LogP contribution < -0.4 is 5.32 Å². The van der Waals surface area contributed by atoms with Crippen LogP contribution in [0.4, 0.5) is 13.2 Å². The second-order valence-corrected chi connectivity index (χ2v) is 4.79. The molecule has 20 heavy (non-hydrogen) atoms. The zero-order chi connectivity index (χ0) is 14.1. The molecule has 7 heteroatoms. The van der Waals surface area contributed by atoms with Crippen molar-refractivity contribution in [1.29, 1.82) is 0 Å². The van der Waals surface area contributed by atoms with Gasteiger partial charge in [0.2, 0.25) is 0 Å². The van der Waals surface area contributed by atoms with Crippen molar-refractivity contribution in [1.82, 2.24) is 5.32 Å². The zero-order valence-electron chi connectivity index (χ0n) is 10.5. The number of carboxylic acids is 1. The molecule has 0 spiro atoms. The van der Waals surface area contributed by atoms with Crippen LogP contribution in [0.5, 0.6) is 0 Å². The lowest BCUT2D eigenvalue weighted by molar-refractivity contribution is -0.144. The molecule has 2 rings (SSSR count). The first kappa shape index (κ1) is 16.8. The number of hydrogen-bond acceptors (Lipinski definition) is 2. The van der Waals surface area contributed by atoms with Gasteiger partial charge in [-0.05, 0) is 31.0 Å². The Labute approximate surface area is 120 Å². The van der Waals surface area contributed by atoms with Gasteiger partial charge in [0.25, 0.3) is 0 Å². The lowest BCUT2D eigenvalue weighted by Crippen LogP contribution is -2.49. The first-order chi connectivity index (χ1) is 8.83. The molecule has 0 radical (unpaired) electrons. The molecule has 0 amide bonds. The average Bonchev–Trinajstić information content (AvgIpc) is 2.78. The molecule has 1 aromatic rings. The minimum absolute atomic E-state index is 0. The van der Waals surface area contributed by atoms with E-state index in [1.165, 1.54) is 12.1 Å². The van der Waals surface area contributed by atoms with Gasteiger partial charge in [-0.15, -0.1) is 12.4 Å². The second kappa shape index (κ2) is 6.01. The van der Waals surface area contributed by atoms with Crippen molar-refractivity contribution in [2.45, 2.75) is 31.0 Å².